The van der Waals surface area contributed by atoms with Crippen LogP contribution in [0.15, 0.2) is 52.4 Å². The summed E-state index contributed by atoms with van der Waals surface area (Å²) in [5, 5.41) is 4.14. The number of aromatic nitrogens is 2. The summed E-state index contributed by atoms with van der Waals surface area (Å²) in [6, 6.07) is 13.3. The molecular weight excluding hydrogens is 382 g/mol. The van der Waals surface area contributed by atoms with E-state index in [1.54, 1.807) is 10.6 Å². The average molecular weight is 410 g/mol. The molecule has 0 aliphatic carbocycles. The monoisotopic (exact) mass is 409 g/mol. The molecule has 2 aromatic carbocycles. The van der Waals surface area contributed by atoms with Crippen LogP contribution in [0.3, 0.4) is 0 Å². The second-order valence-corrected chi connectivity index (χ2v) is 8.71. The molecule has 1 heterocycles. The molecule has 1 N–H and O–H groups in total. The Morgan fingerprint density at radius 1 is 1.14 bits per heavy atom. The van der Waals surface area contributed by atoms with Crippen LogP contribution in [0.4, 0.5) is 5.69 Å². The Bertz CT molecular complexity index is 1070. The number of rotatable bonds is 7. The fourth-order valence-electron chi connectivity index (χ4n) is 3.22. The van der Waals surface area contributed by atoms with Crippen LogP contribution >= 0.6 is 11.8 Å². The van der Waals surface area contributed by atoms with Gasteiger partial charge >= 0.3 is 0 Å². The SMILES string of the molecule is Cc1cc(C)cc(NC(=O)CSc2nc3ccccc3c(=O)n2CCC(C)C)c1. The van der Waals surface area contributed by atoms with Crippen molar-refractivity contribution in [3.8, 4) is 0 Å². The Labute approximate surface area is 175 Å². The van der Waals surface area contributed by atoms with Gasteiger partial charge in [-0.05, 0) is 61.6 Å². The van der Waals surface area contributed by atoms with Gasteiger partial charge in [0.15, 0.2) is 5.16 Å². The van der Waals surface area contributed by atoms with Crippen molar-refractivity contribution in [2.45, 2.75) is 45.8 Å². The first-order valence-electron chi connectivity index (χ1n) is 9.84. The van der Waals surface area contributed by atoms with Crippen LogP contribution < -0.4 is 10.9 Å². The minimum Gasteiger partial charge on any atom is -0.325 e. The van der Waals surface area contributed by atoms with E-state index in [2.05, 4.69) is 30.2 Å². The molecule has 0 atom stereocenters. The number of nitrogens with one attached hydrogen (secondary N) is 1. The Morgan fingerprint density at radius 3 is 2.52 bits per heavy atom. The highest BCUT2D eigenvalue weighted by atomic mass is 32.2. The minimum atomic E-state index is -0.113. The van der Waals surface area contributed by atoms with Gasteiger partial charge in [-0.3, -0.25) is 14.2 Å². The van der Waals surface area contributed by atoms with Crippen molar-refractivity contribution >= 4 is 34.3 Å². The van der Waals surface area contributed by atoms with Crippen molar-refractivity contribution in [2.75, 3.05) is 11.1 Å². The van der Waals surface area contributed by atoms with E-state index in [1.165, 1.54) is 11.8 Å². The number of amides is 1. The first-order chi connectivity index (χ1) is 13.8. The van der Waals surface area contributed by atoms with Crippen molar-refractivity contribution in [3.63, 3.8) is 0 Å². The van der Waals surface area contributed by atoms with Crippen LogP contribution in [0.25, 0.3) is 10.9 Å². The van der Waals surface area contributed by atoms with Crippen molar-refractivity contribution in [3.05, 3.63) is 63.9 Å². The van der Waals surface area contributed by atoms with Crippen molar-refractivity contribution in [1.29, 1.82) is 0 Å². The summed E-state index contributed by atoms with van der Waals surface area (Å²) in [6.45, 7) is 8.86. The zero-order valence-electron chi connectivity index (χ0n) is 17.4. The number of fused-ring (bicyclic) bond motifs is 1. The Kier molecular flexibility index (Phi) is 6.75. The first-order valence-corrected chi connectivity index (χ1v) is 10.8. The van der Waals surface area contributed by atoms with Gasteiger partial charge in [-0.25, -0.2) is 4.98 Å². The van der Waals surface area contributed by atoms with E-state index in [0.717, 1.165) is 23.2 Å². The summed E-state index contributed by atoms with van der Waals surface area (Å²) in [5.74, 6) is 0.552. The second kappa shape index (κ2) is 9.27. The lowest BCUT2D eigenvalue weighted by atomic mass is 10.1. The number of hydrogen-bond donors (Lipinski definition) is 1. The lowest BCUT2D eigenvalue weighted by Gasteiger charge is -2.14. The fourth-order valence-corrected chi connectivity index (χ4v) is 4.04. The molecule has 0 aliphatic heterocycles. The second-order valence-electron chi connectivity index (χ2n) is 7.76. The van der Waals surface area contributed by atoms with Crippen molar-refractivity contribution < 1.29 is 4.79 Å². The summed E-state index contributed by atoms with van der Waals surface area (Å²) < 4.78 is 1.71. The minimum absolute atomic E-state index is 0.0477. The van der Waals surface area contributed by atoms with Gasteiger partial charge in [-0.15, -0.1) is 0 Å². The summed E-state index contributed by atoms with van der Waals surface area (Å²) in [4.78, 5) is 30.1. The van der Waals surface area contributed by atoms with Crippen LogP contribution in [0.1, 0.15) is 31.4 Å². The standard InChI is InChI=1S/C23H27N3O2S/c1-15(2)9-10-26-22(28)19-7-5-6-8-20(19)25-23(26)29-14-21(27)24-18-12-16(3)11-17(4)13-18/h5-8,11-13,15H,9-10,14H2,1-4H3,(H,24,27). The third kappa shape index (κ3) is 5.48. The molecule has 5 nitrogen and oxygen atoms in total. The zero-order valence-corrected chi connectivity index (χ0v) is 18.2. The quantitative estimate of drug-likeness (QED) is 0.450. The van der Waals surface area contributed by atoms with Gasteiger partial charge in [0.25, 0.3) is 5.56 Å². The van der Waals surface area contributed by atoms with Gasteiger partial charge in [0.05, 0.1) is 16.7 Å². The molecule has 3 aromatic rings. The molecule has 0 bridgehead atoms. The Balaban J connectivity index is 1.81. The third-order valence-corrected chi connectivity index (χ3v) is 5.57. The van der Waals surface area contributed by atoms with Crippen LogP contribution in [-0.2, 0) is 11.3 Å². The molecule has 0 aliphatic rings. The normalized spacial score (nSPS) is 11.2. The summed E-state index contributed by atoms with van der Waals surface area (Å²) in [5.41, 5.74) is 3.61. The van der Waals surface area contributed by atoms with Gasteiger partial charge in [0, 0.05) is 12.2 Å². The average Bonchev–Trinajstić information content (AvgIpc) is 2.65. The first kappa shape index (κ1) is 21.1. The van der Waals surface area contributed by atoms with Gasteiger partial charge in [-0.2, -0.15) is 0 Å². The number of hydrogen-bond acceptors (Lipinski definition) is 4. The van der Waals surface area contributed by atoms with E-state index in [-0.39, 0.29) is 17.2 Å². The number of aryl methyl sites for hydroxylation is 2. The highest BCUT2D eigenvalue weighted by Crippen LogP contribution is 2.20. The Hall–Kier alpha value is -2.60. The molecule has 0 spiro atoms. The molecule has 152 valence electrons. The molecule has 1 amide bonds. The molecule has 3 rings (SSSR count). The molecule has 29 heavy (non-hydrogen) atoms. The van der Waals surface area contributed by atoms with Crippen molar-refractivity contribution in [1.82, 2.24) is 9.55 Å². The largest absolute Gasteiger partial charge is 0.325 e. The molecular formula is C23H27N3O2S. The van der Waals surface area contributed by atoms with E-state index in [0.29, 0.717) is 28.5 Å². The van der Waals surface area contributed by atoms with Crippen molar-refractivity contribution in [2.24, 2.45) is 5.92 Å². The van der Waals surface area contributed by atoms with Gasteiger partial charge in [0.1, 0.15) is 0 Å². The number of thioether (sulfide) groups is 1. The van der Waals surface area contributed by atoms with Gasteiger partial charge in [0.2, 0.25) is 5.91 Å². The lowest BCUT2D eigenvalue weighted by Crippen LogP contribution is -2.25. The van der Waals surface area contributed by atoms with E-state index in [9.17, 15) is 9.59 Å². The Morgan fingerprint density at radius 2 is 1.83 bits per heavy atom. The lowest BCUT2D eigenvalue weighted by molar-refractivity contribution is -0.113. The van der Waals surface area contributed by atoms with Crippen LogP contribution in [0.5, 0.6) is 0 Å². The molecule has 6 heteroatoms. The van der Waals surface area contributed by atoms with E-state index < -0.39 is 0 Å². The van der Waals surface area contributed by atoms with Crippen LogP contribution in [0, 0.1) is 19.8 Å². The number of carbonyl (C=O) groups excluding carboxylic acids is 1. The number of para-hydroxylation sites is 1. The molecule has 1 aromatic heterocycles. The molecule has 0 fully saturated rings. The number of anilines is 1. The smallest absolute Gasteiger partial charge is 0.262 e. The van der Waals surface area contributed by atoms with Gasteiger partial charge in [-0.1, -0.05) is 43.8 Å². The predicted molar refractivity (Wildman–Crippen MR) is 121 cm³/mol. The predicted octanol–water partition coefficient (Wildman–Crippen LogP) is 4.79. The summed E-state index contributed by atoms with van der Waals surface area (Å²) in [6.07, 6.45) is 0.877. The zero-order chi connectivity index (χ0) is 21.0. The maximum Gasteiger partial charge on any atom is 0.262 e. The van der Waals surface area contributed by atoms with Crippen LogP contribution in [0.2, 0.25) is 0 Å². The number of benzene rings is 2. The highest BCUT2D eigenvalue weighted by molar-refractivity contribution is 7.99. The topological polar surface area (TPSA) is 64.0 Å². The maximum atomic E-state index is 13.0. The number of carbonyl (C=O) groups is 1. The summed E-state index contributed by atoms with van der Waals surface area (Å²) >= 11 is 1.30. The molecule has 0 saturated carbocycles. The van der Waals surface area contributed by atoms with E-state index in [1.807, 2.05) is 44.2 Å². The molecule has 0 saturated heterocycles. The van der Waals surface area contributed by atoms with E-state index >= 15 is 0 Å². The van der Waals surface area contributed by atoms with Crippen LogP contribution in [-0.4, -0.2) is 21.2 Å². The van der Waals surface area contributed by atoms with Gasteiger partial charge < -0.3 is 5.32 Å². The van der Waals surface area contributed by atoms with E-state index in [4.69, 9.17) is 0 Å². The highest BCUT2D eigenvalue weighted by Gasteiger charge is 2.14. The molecule has 0 radical (unpaired) electrons. The maximum absolute atomic E-state index is 13.0. The fraction of sp³-hybridized carbons (Fsp3) is 0.348. The number of nitrogens with zero attached hydrogens (tertiary/aromatic N) is 2. The third-order valence-electron chi connectivity index (χ3n) is 4.59. The molecule has 0 unspecified atom stereocenters. The summed E-state index contributed by atoms with van der Waals surface area (Å²) in [7, 11) is 0.